The van der Waals surface area contributed by atoms with Gasteiger partial charge in [0.25, 0.3) is 0 Å². The highest BCUT2D eigenvalue weighted by atomic mass is 35.5. The van der Waals surface area contributed by atoms with E-state index in [1.54, 1.807) is 11.8 Å². The zero-order chi connectivity index (χ0) is 16.7. The molecule has 1 aliphatic heterocycles. The van der Waals surface area contributed by atoms with E-state index >= 15 is 0 Å². The van der Waals surface area contributed by atoms with Crippen LogP contribution in [-0.4, -0.2) is 66.6 Å². The fraction of sp³-hybridized carbons (Fsp3) is 0.625. The number of nitrogens with two attached hydrogens (primary N) is 1. The standard InChI is InChI=1S/C16H26N4O2S.ClH/c1-3-22-15-6-4-5-14(18-15)19-8-10-20(11-9-19)16(21)13(17)7-12-23-2;/h4-6,13H,3,7-12,17H2,1-2H3;1H. The summed E-state index contributed by atoms with van der Waals surface area (Å²) in [5.41, 5.74) is 5.99. The third-order valence-corrected chi connectivity index (χ3v) is 4.51. The van der Waals surface area contributed by atoms with Crippen molar-refractivity contribution in [1.82, 2.24) is 9.88 Å². The molecular weight excluding hydrogens is 348 g/mol. The lowest BCUT2D eigenvalue weighted by molar-refractivity contribution is -0.132. The van der Waals surface area contributed by atoms with Crippen LogP contribution in [0.2, 0.25) is 0 Å². The number of hydrogen-bond acceptors (Lipinski definition) is 6. The lowest BCUT2D eigenvalue weighted by atomic mass is 10.2. The van der Waals surface area contributed by atoms with Crippen molar-refractivity contribution in [3.8, 4) is 5.88 Å². The number of pyridine rings is 1. The van der Waals surface area contributed by atoms with Crippen LogP contribution in [0.15, 0.2) is 18.2 Å². The number of amides is 1. The van der Waals surface area contributed by atoms with Crippen LogP contribution in [0.1, 0.15) is 13.3 Å². The lowest BCUT2D eigenvalue weighted by Gasteiger charge is -2.36. The Balaban J connectivity index is 0.00000288. The second kappa shape index (κ2) is 10.6. The third kappa shape index (κ3) is 5.72. The van der Waals surface area contributed by atoms with Crippen molar-refractivity contribution >= 4 is 35.9 Å². The van der Waals surface area contributed by atoms with Crippen molar-refractivity contribution in [1.29, 1.82) is 0 Å². The second-order valence-electron chi connectivity index (χ2n) is 5.47. The van der Waals surface area contributed by atoms with Crippen molar-refractivity contribution in [2.24, 2.45) is 5.73 Å². The molecule has 1 aliphatic rings. The molecule has 1 aromatic rings. The number of hydrogen-bond donors (Lipinski definition) is 1. The van der Waals surface area contributed by atoms with Gasteiger partial charge < -0.3 is 20.3 Å². The Labute approximate surface area is 154 Å². The minimum atomic E-state index is -0.381. The van der Waals surface area contributed by atoms with Gasteiger partial charge in [-0.3, -0.25) is 4.79 Å². The average molecular weight is 375 g/mol. The van der Waals surface area contributed by atoms with Crippen LogP contribution in [0, 0.1) is 0 Å². The fourth-order valence-corrected chi connectivity index (χ4v) is 3.06. The highest BCUT2D eigenvalue weighted by molar-refractivity contribution is 7.98. The molecule has 0 aromatic carbocycles. The van der Waals surface area contributed by atoms with Crippen LogP contribution in [-0.2, 0) is 4.79 Å². The van der Waals surface area contributed by atoms with Crippen molar-refractivity contribution in [2.75, 3.05) is 49.7 Å². The minimum Gasteiger partial charge on any atom is -0.478 e. The number of carbonyl (C=O) groups is 1. The maximum Gasteiger partial charge on any atom is 0.239 e. The summed E-state index contributed by atoms with van der Waals surface area (Å²) >= 11 is 1.72. The van der Waals surface area contributed by atoms with E-state index in [9.17, 15) is 4.79 Å². The Morgan fingerprint density at radius 3 is 2.71 bits per heavy atom. The first-order valence-electron chi connectivity index (χ1n) is 8.03. The summed E-state index contributed by atoms with van der Waals surface area (Å²) in [5, 5.41) is 0. The van der Waals surface area contributed by atoms with Crippen LogP contribution in [0.4, 0.5) is 5.82 Å². The molecule has 1 unspecified atom stereocenters. The highest BCUT2D eigenvalue weighted by Crippen LogP contribution is 2.18. The third-order valence-electron chi connectivity index (χ3n) is 3.87. The maximum absolute atomic E-state index is 12.3. The molecule has 1 fully saturated rings. The van der Waals surface area contributed by atoms with Crippen LogP contribution in [0.3, 0.4) is 0 Å². The first kappa shape index (κ1) is 20.9. The molecule has 2 rings (SSSR count). The van der Waals surface area contributed by atoms with Gasteiger partial charge in [0.05, 0.1) is 12.6 Å². The lowest BCUT2D eigenvalue weighted by Crippen LogP contribution is -2.53. The SMILES string of the molecule is CCOc1cccc(N2CCN(C(=O)C(N)CCSC)CC2)n1.Cl. The van der Waals surface area contributed by atoms with Crippen molar-refractivity contribution in [2.45, 2.75) is 19.4 Å². The van der Waals surface area contributed by atoms with E-state index in [1.165, 1.54) is 0 Å². The smallest absolute Gasteiger partial charge is 0.239 e. The fourth-order valence-electron chi connectivity index (χ4n) is 2.57. The van der Waals surface area contributed by atoms with Gasteiger partial charge in [0.1, 0.15) is 5.82 Å². The van der Waals surface area contributed by atoms with Crippen molar-refractivity contribution in [3.05, 3.63) is 18.2 Å². The molecule has 2 N–H and O–H groups in total. The largest absolute Gasteiger partial charge is 0.478 e. The molecule has 0 bridgehead atoms. The Morgan fingerprint density at radius 1 is 1.38 bits per heavy atom. The van der Waals surface area contributed by atoms with E-state index in [4.69, 9.17) is 10.5 Å². The van der Waals surface area contributed by atoms with E-state index < -0.39 is 0 Å². The number of aromatic nitrogens is 1. The topological polar surface area (TPSA) is 71.7 Å². The highest BCUT2D eigenvalue weighted by Gasteiger charge is 2.25. The summed E-state index contributed by atoms with van der Waals surface area (Å²) in [5.74, 6) is 2.52. The zero-order valence-electron chi connectivity index (χ0n) is 14.3. The van der Waals surface area contributed by atoms with Gasteiger partial charge in [0, 0.05) is 32.2 Å². The summed E-state index contributed by atoms with van der Waals surface area (Å²) in [6.07, 6.45) is 2.76. The molecule has 0 radical (unpaired) electrons. The van der Waals surface area contributed by atoms with Crippen molar-refractivity contribution < 1.29 is 9.53 Å². The molecule has 1 amide bonds. The number of carbonyl (C=O) groups excluding carboxylic acids is 1. The van der Waals surface area contributed by atoms with Gasteiger partial charge in [-0.05, 0) is 31.4 Å². The number of piperazine rings is 1. The van der Waals surface area contributed by atoms with Crippen LogP contribution in [0.5, 0.6) is 5.88 Å². The van der Waals surface area contributed by atoms with Gasteiger partial charge in [-0.2, -0.15) is 16.7 Å². The first-order chi connectivity index (χ1) is 11.2. The normalized spacial score (nSPS) is 15.6. The van der Waals surface area contributed by atoms with Crippen LogP contribution < -0.4 is 15.4 Å². The minimum absolute atomic E-state index is 0. The van der Waals surface area contributed by atoms with Gasteiger partial charge in [0.2, 0.25) is 11.8 Å². The molecule has 0 aliphatic carbocycles. The number of halogens is 1. The van der Waals surface area contributed by atoms with Crippen molar-refractivity contribution in [3.63, 3.8) is 0 Å². The Hall–Kier alpha value is -1.18. The van der Waals surface area contributed by atoms with Gasteiger partial charge in [-0.25, -0.2) is 0 Å². The Bertz CT molecular complexity index is 513. The van der Waals surface area contributed by atoms with E-state index in [2.05, 4.69) is 9.88 Å². The van der Waals surface area contributed by atoms with Crippen LogP contribution >= 0.6 is 24.2 Å². The van der Waals surface area contributed by atoms with Gasteiger partial charge >= 0.3 is 0 Å². The summed E-state index contributed by atoms with van der Waals surface area (Å²) in [6, 6.07) is 5.40. The first-order valence-corrected chi connectivity index (χ1v) is 9.43. The summed E-state index contributed by atoms with van der Waals surface area (Å²) < 4.78 is 5.44. The number of thioether (sulfide) groups is 1. The molecule has 0 spiro atoms. The molecule has 24 heavy (non-hydrogen) atoms. The number of ether oxygens (including phenoxy) is 1. The molecule has 1 aromatic heterocycles. The average Bonchev–Trinajstić information content (AvgIpc) is 2.59. The molecule has 1 atom stereocenters. The molecule has 8 heteroatoms. The quantitative estimate of drug-likeness (QED) is 0.782. The van der Waals surface area contributed by atoms with Gasteiger partial charge in [-0.1, -0.05) is 6.07 Å². The zero-order valence-corrected chi connectivity index (χ0v) is 15.9. The number of rotatable bonds is 7. The monoisotopic (exact) mass is 374 g/mol. The number of nitrogens with zero attached hydrogens (tertiary/aromatic N) is 3. The second-order valence-corrected chi connectivity index (χ2v) is 6.45. The molecule has 1 saturated heterocycles. The van der Waals surface area contributed by atoms with E-state index in [-0.39, 0.29) is 24.4 Å². The summed E-state index contributed by atoms with van der Waals surface area (Å²) in [6.45, 7) is 5.46. The Morgan fingerprint density at radius 2 is 2.08 bits per heavy atom. The predicted octanol–water partition coefficient (Wildman–Crippen LogP) is 1.63. The van der Waals surface area contributed by atoms with Gasteiger partial charge in [-0.15, -0.1) is 12.4 Å². The van der Waals surface area contributed by atoms with Gasteiger partial charge in [0.15, 0.2) is 0 Å². The van der Waals surface area contributed by atoms with E-state index in [1.807, 2.05) is 36.3 Å². The van der Waals surface area contributed by atoms with E-state index in [0.29, 0.717) is 25.6 Å². The van der Waals surface area contributed by atoms with Crippen LogP contribution in [0.25, 0.3) is 0 Å². The summed E-state index contributed by atoms with van der Waals surface area (Å²) in [4.78, 5) is 20.9. The predicted molar refractivity (Wildman–Crippen MR) is 102 cm³/mol. The molecule has 136 valence electrons. The molecule has 6 nitrogen and oxygen atoms in total. The molecule has 2 heterocycles. The maximum atomic E-state index is 12.3. The Kier molecular flexibility index (Phi) is 9.25. The number of anilines is 1. The molecule has 0 saturated carbocycles. The van der Waals surface area contributed by atoms with E-state index in [0.717, 1.165) is 31.1 Å². The molecular formula is C16H27ClN4O2S. The summed E-state index contributed by atoms with van der Waals surface area (Å²) in [7, 11) is 0.